The molecular weight excluding hydrogens is 318 g/mol. The van der Waals surface area contributed by atoms with Gasteiger partial charge in [0.15, 0.2) is 0 Å². The van der Waals surface area contributed by atoms with Crippen molar-refractivity contribution in [2.24, 2.45) is 0 Å². The van der Waals surface area contributed by atoms with E-state index in [1.54, 1.807) is 6.08 Å². The molecule has 0 unspecified atom stereocenters. The highest BCUT2D eigenvalue weighted by atomic mass is 32.2. The van der Waals surface area contributed by atoms with E-state index in [4.69, 9.17) is 12.2 Å². The van der Waals surface area contributed by atoms with E-state index in [1.807, 2.05) is 43.3 Å². The fourth-order valence-electron chi connectivity index (χ4n) is 1.89. The van der Waals surface area contributed by atoms with Crippen molar-refractivity contribution in [3.63, 3.8) is 0 Å². The summed E-state index contributed by atoms with van der Waals surface area (Å²) in [5, 5.41) is 0. The molecule has 1 saturated heterocycles. The number of benzene rings is 1. The minimum Gasteiger partial charge on any atom is -0.468 e. The van der Waals surface area contributed by atoms with Crippen molar-refractivity contribution >= 4 is 46.3 Å². The number of carbonyl (C=O) groups excluding carboxylic acids is 2. The fraction of sp³-hybridized carbons (Fsp3) is 0.188. The summed E-state index contributed by atoms with van der Waals surface area (Å²) >= 11 is 6.34. The summed E-state index contributed by atoms with van der Waals surface area (Å²) in [6.07, 6.45) is 3.76. The molecule has 1 aromatic carbocycles. The van der Waals surface area contributed by atoms with Crippen LogP contribution in [-0.4, -0.2) is 34.8 Å². The number of ether oxygens (including phenoxy) is 1. The molecule has 1 heterocycles. The summed E-state index contributed by atoms with van der Waals surface area (Å²) in [5.41, 5.74) is 1.99. The van der Waals surface area contributed by atoms with Crippen molar-refractivity contribution in [2.45, 2.75) is 6.92 Å². The maximum atomic E-state index is 12.3. The second-order valence-electron chi connectivity index (χ2n) is 4.64. The van der Waals surface area contributed by atoms with Crippen molar-refractivity contribution < 1.29 is 14.3 Å². The zero-order valence-corrected chi connectivity index (χ0v) is 13.9. The Balaban J connectivity index is 2.16. The van der Waals surface area contributed by atoms with Crippen LogP contribution in [0.4, 0.5) is 0 Å². The average Bonchev–Trinajstić information content (AvgIpc) is 2.75. The number of rotatable bonds is 4. The number of nitrogens with zero attached hydrogens (tertiary/aromatic N) is 1. The van der Waals surface area contributed by atoms with Gasteiger partial charge in [-0.1, -0.05) is 60.4 Å². The quantitative estimate of drug-likeness (QED) is 0.481. The Morgan fingerprint density at radius 2 is 2.05 bits per heavy atom. The standard InChI is InChI=1S/C16H15NO3S2/c1-11(8-12-6-4-3-5-7-12)9-13-15(19)17(16(21)22-13)10-14(18)20-2/h3-9H,10H2,1-2H3/b11-8-,13-9+. The largest absolute Gasteiger partial charge is 0.468 e. The molecule has 1 aliphatic heterocycles. The van der Waals surface area contributed by atoms with Crippen LogP contribution in [0.1, 0.15) is 12.5 Å². The summed E-state index contributed by atoms with van der Waals surface area (Å²) in [5.74, 6) is -0.754. The van der Waals surface area contributed by atoms with Gasteiger partial charge in [0.2, 0.25) is 0 Å². The molecule has 1 aromatic rings. The van der Waals surface area contributed by atoms with Crippen LogP contribution in [0, 0.1) is 0 Å². The molecule has 0 bridgehead atoms. The van der Waals surface area contributed by atoms with Crippen molar-refractivity contribution in [2.75, 3.05) is 13.7 Å². The average molecular weight is 333 g/mol. The first-order chi connectivity index (χ1) is 10.5. The number of methoxy groups -OCH3 is 1. The minimum absolute atomic E-state index is 0.153. The maximum Gasteiger partial charge on any atom is 0.325 e. The second-order valence-corrected chi connectivity index (χ2v) is 6.32. The predicted molar refractivity (Wildman–Crippen MR) is 92.1 cm³/mol. The molecule has 2 rings (SSSR count). The molecule has 114 valence electrons. The van der Waals surface area contributed by atoms with Gasteiger partial charge in [-0.2, -0.15) is 0 Å². The third-order valence-electron chi connectivity index (χ3n) is 2.94. The van der Waals surface area contributed by atoms with Crippen LogP contribution in [0.5, 0.6) is 0 Å². The molecule has 22 heavy (non-hydrogen) atoms. The number of hydrogen-bond donors (Lipinski definition) is 0. The molecule has 0 saturated carbocycles. The molecule has 1 fully saturated rings. The molecule has 0 atom stereocenters. The number of allylic oxidation sites excluding steroid dienone is 2. The van der Waals surface area contributed by atoms with Crippen molar-refractivity contribution in [3.05, 3.63) is 52.4 Å². The first-order valence-corrected chi connectivity index (χ1v) is 7.79. The molecule has 0 aliphatic carbocycles. The summed E-state index contributed by atoms with van der Waals surface area (Å²) in [4.78, 5) is 25.4. The number of esters is 1. The lowest BCUT2D eigenvalue weighted by molar-refractivity contribution is -0.143. The lowest BCUT2D eigenvalue weighted by atomic mass is 10.1. The zero-order chi connectivity index (χ0) is 16.1. The summed E-state index contributed by atoms with van der Waals surface area (Å²) in [6.45, 7) is 1.76. The van der Waals surface area contributed by atoms with Gasteiger partial charge < -0.3 is 4.74 Å². The van der Waals surface area contributed by atoms with Gasteiger partial charge in [-0.05, 0) is 24.1 Å². The summed E-state index contributed by atoms with van der Waals surface area (Å²) in [6, 6.07) is 9.83. The van der Waals surface area contributed by atoms with Gasteiger partial charge >= 0.3 is 5.97 Å². The molecule has 6 heteroatoms. The molecule has 1 amide bonds. The summed E-state index contributed by atoms with van der Waals surface area (Å²) in [7, 11) is 1.28. The van der Waals surface area contributed by atoms with E-state index < -0.39 is 5.97 Å². The highest BCUT2D eigenvalue weighted by Crippen LogP contribution is 2.31. The Morgan fingerprint density at radius 1 is 1.36 bits per heavy atom. The number of thioether (sulfide) groups is 1. The SMILES string of the molecule is COC(=O)CN1C(=O)/C(=C\C(C)=C/c2ccccc2)SC1=S. The second kappa shape index (κ2) is 7.38. The first-order valence-electron chi connectivity index (χ1n) is 6.57. The number of thiocarbonyl (C=S) groups is 1. The van der Waals surface area contributed by atoms with Crippen LogP contribution in [0.3, 0.4) is 0 Å². The van der Waals surface area contributed by atoms with E-state index in [9.17, 15) is 9.59 Å². The Kier molecular flexibility index (Phi) is 5.51. The first kappa shape index (κ1) is 16.5. The smallest absolute Gasteiger partial charge is 0.325 e. The third-order valence-corrected chi connectivity index (χ3v) is 4.32. The lowest BCUT2D eigenvalue weighted by Gasteiger charge is -2.11. The van der Waals surface area contributed by atoms with Crippen molar-refractivity contribution in [1.29, 1.82) is 0 Å². The molecule has 0 radical (unpaired) electrons. The van der Waals surface area contributed by atoms with Crippen LogP contribution in [0.2, 0.25) is 0 Å². The Labute approximate surface area is 138 Å². The molecule has 1 aliphatic rings. The highest BCUT2D eigenvalue weighted by molar-refractivity contribution is 8.26. The Morgan fingerprint density at radius 3 is 2.68 bits per heavy atom. The van der Waals surface area contributed by atoms with Crippen LogP contribution in [0.15, 0.2) is 46.9 Å². The van der Waals surface area contributed by atoms with E-state index in [0.29, 0.717) is 9.23 Å². The van der Waals surface area contributed by atoms with Gasteiger partial charge in [0.05, 0.1) is 12.0 Å². The minimum atomic E-state index is -0.492. The van der Waals surface area contributed by atoms with Gasteiger partial charge in [0.1, 0.15) is 10.9 Å². The number of carbonyl (C=O) groups is 2. The van der Waals surface area contributed by atoms with E-state index in [1.165, 1.54) is 23.8 Å². The molecule has 0 aromatic heterocycles. The lowest BCUT2D eigenvalue weighted by Crippen LogP contribution is -2.34. The predicted octanol–water partition coefficient (Wildman–Crippen LogP) is 3.01. The molecule has 0 N–H and O–H groups in total. The third kappa shape index (κ3) is 4.05. The van der Waals surface area contributed by atoms with E-state index in [0.717, 1.165) is 11.1 Å². The Hall–Kier alpha value is -1.92. The zero-order valence-electron chi connectivity index (χ0n) is 12.2. The fourth-order valence-corrected chi connectivity index (χ4v) is 3.20. The van der Waals surface area contributed by atoms with Crippen molar-refractivity contribution in [3.8, 4) is 0 Å². The van der Waals surface area contributed by atoms with Crippen LogP contribution >= 0.6 is 24.0 Å². The van der Waals surface area contributed by atoms with E-state index in [2.05, 4.69) is 4.74 Å². The van der Waals surface area contributed by atoms with Crippen LogP contribution < -0.4 is 0 Å². The normalized spacial score (nSPS) is 17.3. The van der Waals surface area contributed by atoms with Crippen molar-refractivity contribution in [1.82, 2.24) is 4.90 Å². The van der Waals surface area contributed by atoms with Gasteiger partial charge in [-0.15, -0.1) is 0 Å². The van der Waals surface area contributed by atoms with E-state index in [-0.39, 0.29) is 12.5 Å². The topological polar surface area (TPSA) is 46.6 Å². The van der Waals surface area contributed by atoms with Gasteiger partial charge in [-0.3, -0.25) is 14.5 Å². The molecule has 0 spiro atoms. The van der Waals surface area contributed by atoms with Gasteiger partial charge in [0, 0.05) is 0 Å². The van der Waals surface area contributed by atoms with Gasteiger partial charge in [0.25, 0.3) is 5.91 Å². The molecule has 4 nitrogen and oxygen atoms in total. The van der Waals surface area contributed by atoms with E-state index >= 15 is 0 Å². The maximum absolute atomic E-state index is 12.3. The monoisotopic (exact) mass is 333 g/mol. The van der Waals surface area contributed by atoms with Crippen LogP contribution in [-0.2, 0) is 14.3 Å². The Bertz CT molecular complexity index is 665. The van der Waals surface area contributed by atoms with Gasteiger partial charge in [-0.25, -0.2) is 0 Å². The highest BCUT2D eigenvalue weighted by Gasteiger charge is 2.33. The van der Waals surface area contributed by atoms with Crippen LogP contribution in [0.25, 0.3) is 6.08 Å². The summed E-state index contributed by atoms with van der Waals surface area (Å²) < 4.78 is 4.94. The number of hydrogen-bond acceptors (Lipinski definition) is 5. The molecular formula is C16H15NO3S2. The number of amides is 1.